The predicted molar refractivity (Wildman–Crippen MR) is 67.0 cm³/mol. The van der Waals surface area contributed by atoms with Crippen LogP contribution in [0.1, 0.15) is 18.1 Å². The van der Waals surface area contributed by atoms with Crippen molar-refractivity contribution in [1.29, 1.82) is 0 Å². The molecule has 94 valence electrons. The first-order valence-electron chi connectivity index (χ1n) is 5.49. The van der Waals surface area contributed by atoms with Crippen molar-refractivity contribution in [1.82, 2.24) is 0 Å². The van der Waals surface area contributed by atoms with Crippen LogP contribution in [0.15, 0.2) is 18.2 Å². The fourth-order valence-corrected chi connectivity index (χ4v) is 1.57. The molecule has 0 aromatic heterocycles. The van der Waals surface area contributed by atoms with Crippen LogP contribution in [0.4, 0.5) is 5.69 Å². The number of aryl methyl sites for hydroxylation is 2. The van der Waals surface area contributed by atoms with E-state index in [0.29, 0.717) is 0 Å². The summed E-state index contributed by atoms with van der Waals surface area (Å²) in [4.78, 5) is 11.3. The molecular weight excluding hydrogens is 218 g/mol. The van der Waals surface area contributed by atoms with E-state index in [1.807, 2.05) is 32.0 Å². The predicted octanol–water partition coefficient (Wildman–Crippen LogP) is 1.64. The Bertz CT molecular complexity index is 413. The molecule has 0 fully saturated rings. The van der Waals surface area contributed by atoms with Gasteiger partial charge < -0.3 is 15.2 Å². The zero-order chi connectivity index (χ0) is 13.1. The molecule has 1 unspecified atom stereocenters. The lowest BCUT2D eigenvalue weighted by molar-refractivity contribution is -0.158. The summed E-state index contributed by atoms with van der Waals surface area (Å²) >= 11 is 0. The maximum atomic E-state index is 11.3. The number of esters is 1. The van der Waals surface area contributed by atoms with E-state index in [9.17, 15) is 9.90 Å². The Morgan fingerprint density at radius 2 is 2.12 bits per heavy atom. The van der Waals surface area contributed by atoms with E-state index in [1.54, 1.807) is 0 Å². The molecule has 17 heavy (non-hydrogen) atoms. The minimum absolute atomic E-state index is 0.115. The van der Waals surface area contributed by atoms with Crippen molar-refractivity contribution in [3.05, 3.63) is 29.3 Å². The smallest absolute Gasteiger partial charge is 0.339 e. The number of rotatable bonds is 4. The number of nitrogens with one attached hydrogen (secondary N) is 1. The molecule has 0 aliphatic rings. The number of hydrogen-bond acceptors (Lipinski definition) is 4. The number of hydrogen-bond donors (Lipinski definition) is 2. The van der Waals surface area contributed by atoms with Crippen molar-refractivity contribution >= 4 is 11.7 Å². The molecule has 0 aliphatic carbocycles. The summed E-state index contributed by atoms with van der Waals surface area (Å²) in [5.74, 6) is -0.644. The van der Waals surface area contributed by atoms with Gasteiger partial charge in [0.1, 0.15) is 0 Å². The van der Waals surface area contributed by atoms with Crippen molar-refractivity contribution in [3.63, 3.8) is 0 Å². The first kappa shape index (κ1) is 13.5. The quantitative estimate of drug-likeness (QED) is 0.782. The first-order chi connectivity index (χ1) is 7.86. The van der Waals surface area contributed by atoms with E-state index in [2.05, 4.69) is 10.1 Å². The van der Waals surface area contributed by atoms with Gasteiger partial charge in [-0.15, -0.1) is 0 Å². The van der Waals surface area contributed by atoms with E-state index in [1.165, 1.54) is 19.6 Å². The Balaban J connectivity index is 2.70. The molecule has 0 heterocycles. The number of carbonyl (C=O) groups excluding carboxylic acids is 1. The van der Waals surface area contributed by atoms with Crippen molar-refractivity contribution in [2.24, 2.45) is 0 Å². The Hall–Kier alpha value is -1.55. The second kappa shape index (κ2) is 5.19. The van der Waals surface area contributed by atoms with Gasteiger partial charge >= 0.3 is 5.97 Å². The summed E-state index contributed by atoms with van der Waals surface area (Å²) in [6.07, 6.45) is 0. The normalized spacial score (nSPS) is 13.9. The standard InChI is InChI=1S/C13H19NO3/c1-9-5-6-11(10(2)7-9)14-8-13(3,16)12(15)17-4/h5-7,14,16H,8H2,1-4H3. The van der Waals surface area contributed by atoms with Crippen LogP contribution in [-0.4, -0.2) is 30.3 Å². The van der Waals surface area contributed by atoms with E-state index in [4.69, 9.17) is 0 Å². The van der Waals surface area contributed by atoms with Crippen molar-refractivity contribution in [2.45, 2.75) is 26.4 Å². The Labute approximate surface area is 102 Å². The number of methoxy groups -OCH3 is 1. The summed E-state index contributed by atoms with van der Waals surface area (Å²) in [6.45, 7) is 5.53. The van der Waals surface area contributed by atoms with Crippen LogP contribution in [0, 0.1) is 13.8 Å². The Morgan fingerprint density at radius 1 is 1.47 bits per heavy atom. The van der Waals surface area contributed by atoms with Crippen molar-refractivity contribution in [3.8, 4) is 0 Å². The van der Waals surface area contributed by atoms with E-state index >= 15 is 0 Å². The van der Waals surface area contributed by atoms with Gasteiger partial charge in [-0.25, -0.2) is 4.79 Å². The molecule has 0 amide bonds. The molecule has 0 saturated heterocycles. The highest BCUT2D eigenvalue weighted by atomic mass is 16.5. The molecule has 0 saturated carbocycles. The first-order valence-corrected chi connectivity index (χ1v) is 5.49. The van der Waals surface area contributed by atoms with Crippen LogP contribution in [0.2, 0.25) is 0 Å². The topological polar surface area (TPSA) is 58.6 Å². The zero-order valence-electron chi connectivity index (χ0n) is 10.7. The molecule has 2 N–H and O–H groups in total. The van der Waals surface area contributed by atoms with Gasteiger partial charge in [-0.2, -0.15) is 0 Å². The third-order valence-electron chi connectivity index (χ3n) is 2.63. The van der Waals surface area contributed by atoms with Gasteiger partial charge in [0, 0.05) is 5.69 Å². The van der Waals surface area contributed by atoms with Crippen LogP contribution in [0.3, 0.4) is 0 Å². The summed E-state index contributed by atoms with van der Waals surface area (Å²) in [5, 5.41) is 12.9. The average molecular weight is 237 g/mol. The number of anilines is 1. The lowest BCUT2D eigenvalue weighted by Gasteiger charge is -2.21. The van der Waals surface area contributed by atoms with Crippen LogP contribution < -0.4 is 5.32 Å². The van der Waals surface area contributed by atoms with Gasteiger partial charge in [-0.1, -0.05) is 17.7 Å². The van der Waals surface area contributed by atoms with E-state index in [-0.39, 0.29) is 6.54 Å². The maximum Gasteiger partial charge on any atom is 0.339 e. The molecular formula is C13H19NO3. The Kier molecular flexibility index (Phi) is 4.12. The third kappa shape index (κ3) is 3.46. The van der Waals surface area contributed by atoms with Gasteiger partial charge in [0.25, 0.3) is 0 Å². The summed E-state index contributed by atoms with van der Waals surface area (Å²) < 4.78 is 4.52. The minimum atomic E-state index is -1.52. The summed E-state index contributed by atoms with van der Waals surface area (Å²) in [6, 6.07) is 5.94. The number of benzene rings is 1. The number of aliphatic hydroxyl groups is 1. The summed E-state index contributed by atoms with van der Waals surface area (Å²) in [5.41, 5.74) is 1.63. The van der Waals surface area contributed by atoms with Gasteiger partial charge in [0.05, 0.1) is 13.7 Å². The summed E-state index contributed by atoms with van der Waals surface area (Å²) in [7, 11) is 1.26. The highest BCUT2D eigenvalue weighted by molar-refractivity contribution is 5.79. The Morgan fingerprint density at radius 3 is 2.65 bits per heavy atom. The molecule has 1 rings (SSSR count). The van der Waals surface area contributed by atoms with Crippen molar-refractivity contribution < 1.29 is 14.6 Å². The number of ether oxygens (including phenoxy) is 1. The molecule has 4 heteroatoms. The monoisotopic (exact) mass is 237 g/mol. The van der Waals surface area contributed by atoms with Gasteiger partial charge in [0.2, 0.25) is 0 Å². The molecule has 0 spiro atoms. The van der Waals surface area contributed by atoms with Crippen LogP contribution in [0.25, 0.3) is 0 Å². The second-order valence-corrected chi connectivity index (χ2v) is 4.44. The molecule has 1 aromatic rings. The molecule has 1 aromatic carbocycles. The zero-order valence-corrected chi connectivity index (χ0v) is 10.7. The lowest BCUT2D eigenvalue weighted by Crippen LogP contribution is -2.42. The molecule has 1 atom stereocenters. The molecule has 0 radical (unpaired) electrons. The fraction of sp³-hybridized carbons (Fsp3) is 0.462. The molecule has 4 nitrogen and oxygen atoms in total. The highest BCUT2D eigenvalue weighted by Crippen LogP contribution is 2.17. The van der Waals surface area contributed by atoms with Gasteiger partial charge in [-0.05, 0) is 32.4 Å². The van der Waals surface area contributed by atoms with Crippen LogP contribution >= 0.6 is 0 Å². The van der Waals surface area contributed by atoms with Crippen LogP contribution in [-0.2, 0) is 9.53 Å². The van der Waals surface area contributed by atoms with E-state index in [0.717, 1.165) is 11.3 Å². The average Bonchev–Trinajstić information content (AvgIpc) is 2.26. The highest BCUT2D eigenvalue weighted by Gasteiger charge is 2.31. The molecule has 0 aliphatic heterocycles. The maximum absolute atomic E-state index is 11.3. The lowest BCUT2D eigenvalue weighted by atomic mass is 10.1. The third-order valence-corrected chi connectivity index (χ3v) is 2.63. The van der Waals surface area contributed by atoms with Gasteiger partial charge in [-0.3, -0.25) is 0 Å². The van der Waals surface area contributed by atoms with Gasteiger partial charge in [0.15, 0.2) is 5.60 Å². The van der Waals surface area contributed by atoms with Crippen molar-refractivity contribution in [2.75, 3.05) is 19.0 Å². The second-order valence-electron chi connectivity index (χ2n) is 4.44. The molecule has 0 bridgehead atoms. The van der Waals surface area contributed by atoms with E-state index < -0.39 is 11.6 Å². The SMILES string of the molecule is COC(=O)C(C)(O)CNc1ccc(C)cc1C. The largest absolute Gasteiger partial charge is 0.467 e. The minimum Gasteiger partial charge on any atom is -0.467 e. The fourth-order valence-electron chi connectivity index (χ4n) is 1.57. The van der Waals surface area contributed by atoms with Crippen LogP contribution in [0.5, 0.6) is 0 Å². The number of carbonyl (C=O) groups is 1.